The van der Waals surface area contributed by atoms with Crippen LogP contribution in [0, 0.1) is 0 Å². The van der Waals surface area contributed by atoms with Gasteiger partial charge >= 0.3 is 0 Å². The van der Waals surface area contributed by atoms with Gasteiger partial charge in [0.15, 0.2) is 5.50 Å². The lowest BCUT2D eigenvalue weighted by atomic mass is 10.0. The summed E-state index contributed by atoms with van der Waals surface area (Å²) in [4.78, 5) is 13.6. The van der Waals surface area contributed by atoms with Crippen molar-refractivity contribution in [3.63, 3.8) is 0 Å². The third-order valence-electron chi connectivity index (χ3n) is 2.62. The summed E-state index contributed by atoms with van der Waals surface area (Å²) in [5.74, 6) is 0. The second-order valence-corrected chi connectivity index (χ2v) is 5.99. The van der Waals surface area contributed by atoms with E-state index in [-0.39, 0.29) is 0 Å². The molecule has 0 spiro atoms. The molecule has 1 rings (SSSR count). The highest BCUT2D eigenvalue weighted by atomic mass is 35.5. The Morgan fingerprint density at radius 2 is 1.95 bits per heavy atom. The quantitative estimate of drug-likeness (QED) is 0.380. The standard InChI is InChI=1S/C15H20ClNO3/c1-15(2,3)20-12(13(19)14(16)17-10-18)9-11-7-5-4-6-8-11/h4-8,12-14,19H,9H2,1-3H3/t12-,13-,14?/m0/s1. The Balaban J connectivity index is 2.87. The Morgan fingerprint density at radius 3 is 2.45 bits per heavy atom. The number of isocyanates is 1. The fraction of sp³-hybridized carbons (Fsp3) is 0.533. The summed E-state index contributed by atoms with van der Waals surface area (Å²) in [5, 5.41) is 10.2. The van der Waals surface area contributed by atoms with E-state index in [0.29, 0.717) is 6.42 Å². The van der Waals surface area contributed by atoms with Crippen LogP contribution in [0.1, 0.15) is 26.3 Å². The van der Waals surface area contributed by atoms with Crippen LogP contribution < -0.4 is 0 Å². The van der Waals surface area contributed by atoms with Crippen LogP contribution in [0.4, 0.5) is 0 Å². The maximum absolute atomic E-state index is 10.3. The van der Waals surface area contributed by atoms with Gasteiger partial charge in [-0.25, -0.2) is 4.79 Å². The first kappa shape index (κ1) is 16.9. The van der Waals surface area contributed by atoms with Gasteiger partial charge in [0.2, 0.25) is 6.08 Å². The van der Waals surface area contributed by atoms with Gasteiger partial charge in [-0.05, 0) is 26.3 Å². The third-order valence-corrected chi connectivity index (χ3v) is 2.98. The lowest BCUT2D eigenvalue weighted by Crippen LogP contribution is -2.41. The van der Waals surface area contributed by atoms with E-state index in [1.807, 2.05) is 51.1 Å². The van der Waals surface area contributed by atoms with Gasteiger partial charge < -0.3 is 9.84 Å². The number of aliphatic hydroxyl groups is 1. The first-order valence-electron chi connectivity index (χ1n) is 6.44. The number of rotatable bonds is 6. The number of aliphatic hydroxyl groups excluding tert-OH is 1. The van der Waals surface area contributed by atoms with E-state index in [0.717, 1.165) is 5.56 Å². The number of nitrogens with zero attached hydrogens (tertiary/aromatic N) is 1. The molecule has 4 nitrogen and oxygen atoms in total. The molecule has 5 heteroatoms. The summed E-state index contributed by atoms with van der Waals surface area (Å²) in [6.45, 7) is 5.68. The highest BCUT2D eigenvalue weighted by molar-refractivity contribution is 6.21. The predicted molar refractivity (Wildman–Crippen MR) is 78.5 cm³/mol. The van der Waals surface area contributed by atoms with Crippen LogP contribution >= 0.6 is 11.6 Å². The Morgan fingerprint density at radius 1 is 1.35 bits per heavy atom. The fourth-order valence-corrected chi connectivity index (χ4v) is 2.04. The molecule has 1 unspecified atom stereocenters. The summed E-state index contributed by atoms with van der Waals surface area (Å²) < 4.78 is 5.85. The van der Waals surface area contributed by atoms with Crippen molar-refractivity contribution in [2.45, 2.75) is 50.5 Å². The number of aliphatic imine (C=N–C) groups is 1. The largest absolute Gasteiger partial charge is 0.387 e. The first-order valence-corrected chi connectivity index (χ1v) is 6.88. The number of hydrogen-bond acceptors (Lipinski definition) is 4. The normalized spacial score (nSPS) is 16.1. The van der Waals surface area contributed by atoms with Crippen molar-refractivity contribution in [1.82, 2.24) is 0 Å². The molecule has 110 valence electrons. The zero-order valence-electron chi connectivity index (χ0n) is 11.9. The molecule has 20 heavy (non-hydrogen) atoms. The molecule has 0 amide bonds. The van der Waals surface area contributed by atoms with Gasteiger partial charge in [0.25, 0.3) is 0 Å². The molecule has 0 bridgehead atoms. The molecule has 0 saturated carbocycles. The van der Waals surface area contributed by atoms with Crippen molar-refractivity contribution in [3.05, 3.63) is 35.9 Å². The molecule has 0 aliphatic rings. The van der Waals surface area contributed by atoms with Crippen LogP contribution in [0.2, 0.25) is 0 Å². The first-order chi connectivity index (χ1) is 9.33. The van der Waals surface area contributed by atoms with Crippen molar-refractivity contribution in [1.29, 1.82) is 0 Å². The van der Waals surface area contributed by atoms with Gasteiger partial charge in [0.1, 0.15) is 6.10 Å². The summed E-state index contributed by atoms with van der Waals surface area (Å²) in [6.07, 6.45) is 0.197. The molecule has 0 aliphatic heterocycles. The van der Waals surface area contributed by atoms with Gasteiger partial charge in [-0.15, -0.1) is 0 Å². The van der Waals surface area contributed by atoms with Crippen molar-refractivity contribution in [3.8, 4) is 0 Å². The van der Waals surface area contributed by atoms with Crippen molar-refractivity contribution in [2.24, 2.45) is 4.99 Å². The van der Waals surface area contributed by atoms with Crippen LogP contribution in [0.15, 0.2) is 35.3 Å². The van der Waals surface area contributed by atoms with Crippen molar-refractivity contribution >= 4 is 17.7 Å². The maximum atomic E-state index is 10.3. The topological polar surface area (TPSA) is 58.9 Å². The Hall–Kier alpha value is -1.19. The molecule has 0 aromatic heterocycles. The van der Waals surface area contributed by atoms with E-state index in [9.17, 15) is 9.90 Å². The molecule has 0 fully saturated rings. The van der Waals surface area contributed by atoms with Crippen molar-refractivity contribution in [2.75, 3.05) is 0 Å². The minimum Gasteiger partial charge on any atom is -0.387 e. The predicted octanol–water partition coefficient (Wildman–Crippen LogP) is 2.67. The lowest BCUT2D eigenvalue weighted by Gasteiger charge is -2.31. The SMILES string of the molecule is CC(C)(C)O[C@@H](Cc1ccccc1)[C@H](O)C(Cl)N=C=O. The Labute approximate surface area is 124 Å². The average Bonchev–Trinajstić information content (AvgIpc) is 2.37. The van der Waals surface area contributed by atoms with Crippen molar-refractivity contribution < 1.29 is 14.6 Å². The number of alkyl halides is 1. The number of halogens is 1. The zero-order valence-corrected chi connectivity index (χ0v) is 12.7. The van der Waals surface area contributed by atoms with E-state index in [2.05, 4.69) is 4.99 Å². The Bertz CT molecular complexity index is 452. The fourth-order valence-electron chi connectivity index (χ4n) is 1.84. The Kier molecular flexibility index (Phi) is 6.37. The van der Waals surface area contributed by atoms with E-state index < -0.39 is 23.3 Å². The number of benzene rings is 1. The molecule has 0 aliphatic carbocycles. The van der Waals surface area contributed by atoms with Crippen LogP contribution in [0.3, 0.4) is 0 Å². The molecule has 0 heterocycles. The second kappa shape index (κ2) is 7.55. The van der Waals surface area contributed by atoms with Gasteiger partial charge in [-0.3, -0.25) is 0 Å². The van der Waals surface area contributed by atoms with Crippen LogP contribution in [0.5, 0.6) is 0 Å². The highest BCUT2D eigenvalue weighted by Crippen LogP contribution is 2.21. The highest BCUT2D eigenvalue weighted by Gasteiger charge is 2.30. The minimum atomic E-state index is -1.09. The summed E-state index contributed by atoms with van der Waals surface area (Å²) in [7, 11) is 0. The van der Waals surface area contributed by atoms with Crippen LogP contribution in [-0.4, -0.2) is 34.5 Å². The molecular weight excluding hydrogens is 278 g/mol. The number of carbonyl (C=O) groups excluding carboxylic acids is 1. The van der Waals surface area contributed by atoms with Gasteiger partial charge in [-0.2, -0.15) is 4.99 Å². The third kappa shape index (κ3) is 5.85. The molecule has 1 N–H and O–H groups in total. The zero-order chi connectivity index (χ0) is 15.2. The molecule has 1 aromatic rings. The summed E-state index contributed by atoms with van der Waals surface area (Å²) >= 11 is 5.86. The monoisotopic (exact) mass is 297 g/mol. The molecular formula is C15H20ClNO3. The van der Waals surface area contributed by atoms with E-state index in [1.165, 1.54) is 6.08 Å². The summed E-state index contributed by atoms with van der Waals surface area (Å²) in [5.41, 5.74) is -0.495. The molecule has 0 radical (unpaired) electrons. The summed E-state index contributed by atoms with van der Waals surface area (Å²) in [6, 6.07) is 9.63. The molecule has 0 saturated heterocycles. The molecule has 3 atom stereocenters. The van der Waals surface area contributed by atoms with Gasteiger partial charge in [-0.1, -0.05) is 41.9 Å². The number of ether oxygens (including phenoxy) is 1. The minimum absolute atomic E-state index is 0.443. The van der Waals surface area contributed by atoms with E-state index >= 15 is 0 Å². The van der Waals surface area contributed by atoms with Gasteiger partial charge in [0, 0.05) is 6.42 Å². The maximum Gasteiger partial charge on any atom is 0.236 e. The number of hydrogen-bond donors (Lipinski definition) is 1. The second-order valence-electron chi connectivity index (χ2n) is 5.54. The smallest absolute Gasteiger partial charge is 0.236 e. The van der Waals surface area contributed by atoms with E-state index in [4.69, 9.17) is 16.3 Å². The van der Waals surface area contributed by atoms with Gasteiger partial charge in [0.05, 0.1) is 11.7 Å². The average molecular weight is 298 g/mol. The van der Waals surface area contributed by atoms with Crippen LogP contribution in [-0.2, 0) is 16.0 Å². The van der Waals surface area contributed by atoms with E-state index in [1.54, 1.807) is 0 Å². The lowest BCUT2D eigenvalue weighted by molar-refractivity contribution is -0.110. The van der Waals surface area contributed by atoms with Crippen LogP contribution in [0.25, 0.3) is 0 Å². The molecule has 1 aromatic carbocycles.